The molecule has 0 atom stereocenters. The molecular weight excluding hydrogens is 336 g/mol. The molecule has 0 fully saturated rings. The Morgan fingerprint density at radius 2 is 1.81 bits per heavy atom. The molecule has 0 aliphatic carbocycles. The molecule has 0 heterocycles. The Morgan fingerprint density at radius 3 is 2.31 bits per heavy atom. The molecule has 0 radical (unpaired) electrons. The predicted molar refractivity (Wildman–Crippen MR) is 100 cm³/mol. The van der Waals surface area contributed by atoms with Crippen LogP contribution in [0.15, 0.2) is 35.9 Å². The summed E-state index contributed by atoms with van der Waals surface area (Å²) in [5.74, 6) is -1.41. The van der Waals surface area contributed by atoms with Crippen LogP contribution in [0.2, 0.25) is 0 Å². The minimum Gasteiger partial charge on any atom is -0.504 e. The lowest BCUT2D eigenvalue weighted by molar-refractivity contribution is -0.116. The lowest BCUT2D eigenvalue weighted by Gasteiger charge is -2.02. The zero-order chi connectivity index (χ0) is 20.5. The van der Waals surface area contributed by atoms with E-state index in [0.29, 0.717) is 5.56 Å². The first kappa shape index (κ1) is 25.0. The number of phenols is 2. The highest BCUT2D eigenvalue weighted by molar-refractivity contribution is 6.05. The minimum absolute atomic E-state index is 0.106. The second kappa shape index (κ2) is 15.3. The summed E-state index contributed by atoms with van der Waals surface area (Å²) < 4.78 is 4.53. The van der Waals surface area contributed by atoms with Crippen LogP contribution in [0, 0.1) is 11.3 Å². The number of phenolic OH excluding ortho intramolecular Hbond substituents is 2. The van der Waals surface area contributed by atoms with E-state index in [-0.39, 0.29) is 23.7 Å². The number of benzene rings is 1. The second-order valence-corrected chi connectivity index (χ2v) is 3.97. The number of nitrogens with zero attached hydrogens (tertiary/aromatic N) is 1. The summed E-state index contributed by atoms with van der Waals surface area (Å²) >= 11 is 0. The molecule has 0 spiro atoms. The molecule has 0 aliphatic heterocycles. The van der Waals surface area contributed by atoms with Crippen molar-refractivity contribution in [3.63, 3.8) is 0 Å². The maximum Gasteiger partial charge on any atom is 0.414 e. The summed E-state index contributed by atoms with van der Waals surface area (Å²) in [7, 11) is 0. The van der Waals surface area contributed by atoms with E-state index in [1.54, 1.807) is 13.0 Å². The second-order valence-electron chi connectivity index (χ2n) is 3.97. The first-order valence-electron chi connectivity index (χ1n) is 8.26. The van der Waals surface area contributed by atoms with Crippen LogP contribution in [0.25, 0.3) is 6.08 Å². The number of hydrogen-bond acceptors (Lipinski definition) is 6. The normalized spacial score (nSPS) is 9.77. The number of hydrogen-bond donors (Lipinski definition) is 3. The number of alkyl carbamates (subject to hydrolysis) is 1. The topological polar surface area (TPSA) is 120 Å². The van der Waals surface area contributed by atoms with Gasteiger partial charge in [-0.15, -0.1) is 0 Å². The van der Waals surface area contributed by atoms with Crippen LogP contribution in [-0.4, -0.2) is 28.8 Å². The number of aromatic hydroxyl groups is 2. The van der Waals surface area contributed by atoms with Gasteiger partial charge in [0, 0.05) is 0 Å². The third-order valence-corrected chi connectivity index (χ3v) is 2.41. The highest BCUT2D eigenvalue weighted by atomic mass is 16.5. The molecule has 0 aliphatic rings. The van der Waals surface area contributed by atoms with E-state index < -0.39 is 12.0 Å². The zero-order valence-corrected chi connectivity index (χ0v) is 15.7. The SMILES string of the molecule is CC.CC.CCOC(=O)NC(=O)/C(C#N)=C/C=C/c1ccc(O)c(O)c1. The van der Waals surface area contributed by atoms with Crippen molar-refractivity contribution in [1.82, 2.24) is 5.32 Å². The Kier molecular flexibility index (Phi) is 14.7. The molecule has 0 unspecified atom stereocenters. The van der Waals surface area contributed by atoms with Gasteiger partial charge in [-0.3, -0.25) is 10.1 Å². The molecular formula is C19H26N2O5. The number of carbonyl (C=O) groups is 2. The highest BCUT2D eigenvalue weighted by Crippen LogP contribution is 2.25. The molecule has 1 aromatic carbocycles. The predicted octanol–water partition coefficient (Wildman–Crippen LogP) is 3.89. The number of nitriles is 1. The van der Waals surface area contributed by atoms with Gasteiger partial charge in [-0.25, -0.2) is 4.79 Å². The molecule has 0 saturated heterocycles. The van der Waals surface area contributed by atoms with Crippen molar-refractivity contribution in [1.29, 1.82) is 5.26 Å². The van der Waals surface area contributed by atoms with Gasteiger partial charge in [0.1, 0.15) is 11.6 Å². The molecule has 3 N–H and O–H groups in total. The van der Waals surface area contributed by atoms with E-state index in [1.807, 2.05) is 33.0 Å². The van der Waals surface area contributed by atoms with Crippen molar-refractivity contribution in [3.8, 4) is 17.6 Å². The van der Waals surface area contributed by atoms with Gasteiger partial charge in [0.2, 0.25) is 0 Å². The lowest BCUT2D eigenvalue weighted by Crippen LogP contribution is -2.31. The summed E-state index contributed by atoms with van der Waals surface area (Å²) in [4.78, 5) is 22.7. The average Bonchev–Trinajstić information content (AvgIpc) is 2.65. The number of allylic oxidation sites excluding steroid dienone is 2. The van der Waals surface area contributed by atoms with Gasteiger partial charge in [0.15, 0.2) is 11.5 Å². The van der Waals surface area contributed by atoms with E-state index in [9.17, 15) is 19.8 Å². The van der Waals surface area contributed by atoms with Gasteiger partial charge in [0.05, 0.1) is 6.61 Å². The van der Waals surface area contributed by atoms with Crippen molar-refractivity contribution >= 4 is 18.1 Å². The van der Waals surface area contributed by atoms with Gasteiger partial charge in [-0.05, 0) is 30.7 Å². The molecule has 0 saturated carbocycles. The Bertz CT molecular complexity index is 673. The molecule has 1 aromatic rings. The summed E-state index contributed by atoms with van der Waals surface area (Å²) in [6, 6.07) is 5.80. The highest BCUT2D eigenvalue weighted by Gasteiger charge is 2.12. The van der Waals surface area contributed by atoms with Crippen LogP contribution >= 0.6 is 0 Å². The summed E-state index contributed by atoms with van der Waals surface area (Å²) in [6.07, 6.45) is 3.18. The lowest BCUT2D eigenvalue weighted by atomic mass is 10.1. The van der Waals surface area contributed by atoms with Gasteiger partial charge in [-0.1, -0.05) is 45.9 Å². The van der Waals surface area contributed by atoms with Crippen LogP contribution in [0.1, 0.15) is 40.2 Å². The quantitative estimate of drug-likeness (QED) is 0.323. The molecule has 7 nitrogen and oxygen atoms in total. The standard InChI is InChI=1S/C15H14N2O5.2C2H6/c1-2-22-15(21)17-14(20)11(9-16)5-3-4-10-6-7-12(18)13(19)8-10;2*1-2/h3-8,18-19H,2H2,1H3,(H,17,20,21);2*1-2H3/b4-3+,11-5+;;. The first-order valence-corrected chi connectivity index (χ1v) is 8.26. The Labute approximate surface area is 154 Å². The summed E-state index contributed by atoms with van der Waals surface area (Å²) in [6.45, 7) is 9.69. The maximum absolute atomic E-state index is 11.6. The number of rotatable bonds is 4. The van der Waals surface area contributed by atoms with Crippen LogP contribution in [-0.2, 0) is 9.53 Å². The van der Waals surface area contributed by atoms with Gasteiger partial charge in [-0.2, -0.15) is 5.26 Å². The molecule has 1 rings (SSSR count). The Balaban J connectivity index is 0. The van der Waals surface area contributed by atoms with E-state index in [0.717, 1.165) is 0 Å². The van der Waals surface area contributed by atoms with Crippen molar-refractivity contribution in [2.75, 3.05) is 6.61 Å². The molecule has 0 bridgehead atoms. The zero-order valence-electron chi connectivity index (χ0n) is 15.7. The van der Waals surface area contributed by atoms with E-state index in [2.05, 4.69) is 4.74 Å². The Hall–Kier alpha value is -3.27. The van der Waals surface area contributed by atoms with E-state index >= 15 is 0 Å². The van der Waals surface area contributed by atoms with Crippen molar-refractivity contribution in [2.45, 2.75) is 34.6 Å². The van der Waals surface area contributed by atoms with E-state index in [4.69, 9.17) is 5.26 Å². The minimum atomic E-state index is -0.930. The van der Waals surface area contributed by atoms with Crippen molar-refractivity contribution in [3.05, 3.63) is 41.5 Å². The fourth-order valence-corrected chi connectivity index (χ4v) is 1.39. The molecule has 7 heteroatoms. The molecule has 0 aromatic heterocycles. The van der Waals surface area contributed by atoms with Crippen molar-refractivity contribution < 1.29 is 24.5 Å². The Morgan fingerprint density at radius 1 is 1.19 bits per heavy atom. The van der Waals surface area contributed by atoms with Gasteiger partial charge in [0.25, 0.3) is 5.91 Å². The first-order chi connectivity index (χ1) is 12.5. The largest absolute Gasteiger partial charge is 0.504 e. The van der Waals surface area contributed by atoms with Gasteiger partial charge >= 0.3 is 6.09 Å². The average molecular weight is 362 g/mol. The van der Waals surface area contributed by atoms with Crippen LogP contribution in [0.4, 0.5) is 4.79 Å². The third kappa shape index (κ3) is 9.78. The fraction of sp³-hybridized carbons (Fsp3) is 0.316. The van der Waals surface area contributed by atoms with Crippen LogP contribution in [0.5, 0.6) is 11.5 Å². The molecule has 26 heavy (non-hydrogen) atoms. The van der Waals surface area contributed by atoms with Crippen LogP contribution in [0.3, 0.4) is 0 Å². The smallest absolute Gasteiger partial charge is 0.414 e. The van der Waals surface area contributed by atoms with Crippen LogP contribution < -0.4 is 5.32 Å². The fourth-order valence-electron chi connectivity index (χ4n) is 1.39. The number of ether oxygens (including phenoxy) is 1. The van der Waals surface area contributed by atoms with E-state index in [1.165, 1.54) is 36.4 Å². The molecule has 142 valence electrons. The summed E-state index contributed by atoms with van der Waals surface area (Å²) in [5, 5.41) is 29.3. The maximum atomic E-state index is 11.6. The number of amides is 2. The monoisotopic (exact) mass is 362 g/mol. The van der Waals surface area contributed by atoms with Gasteiger partial charge < -0.3 is 14.9 Å². The summed E-state index contributed by atoms with van der Waals surface area (Å²) in [5.41, 5.74) is 0.266. The molecule has 2 amide bonds. The number of carbonyl (C=O) groups excluding carboxylic acids is 2. The number of imide groups is 1. The third-order valence-electron chi connectivity index (χ3n) is 2.41. The number of nitrogens with one attached hydrogen (secondary N) is 1. The van der Waals surface area contributed by atoms with Crippen molar-refractivity contribution in [2.24, 2.45) is 0 Å².